The number of aromatic nitrogens is 2. The molecule has 2 aromatic rings. The van der Waals surface area contributed by atoms with E-state index in [0.29, 0.717) is 16.8 Å². The van der Waals surface area contributed by atoms with Crippen LogP contribution in [0.5, 0.6) is 0 Å². The summed E-state index contributed by atoms with van der Waals surface area (Å²) >= 11 is 6.12. The average molecular weight is 443 g/mol. The summed E-state index contributed by atoms with van der Waals surface area (Å²) in [6, 6.07) is 7.51. The standard InChI is InChI=1S/C23H31ClN6O/c1-30(2)21-17-7-3-5-9-19(17)27-22(29-21)25-15-11-13-16(14-12-15)26-23(31)28-20-10-6-4-8-18(20)24/h4,6,8,10,15-16H,3,5,7,9,11-14H2,1-2H3,(H,25,27,29)(H2,26,28,31)/t15-,16+. The Labute approximate surface area is 189 Å². The van der Waals surface area contributed by atoms with Crippen LogP contribution in [0.4, 0.5) is 22.2 Å². The van der Waals surface area contributed by atoms with Gasteiger partial charge in [0.25, 0.3) is 0 Å². The van der Waals surface area contributed by atoms with Crippen molar-refractivity contribution in [3.8, 4) is 0 Å². The van der Waals surface area contributed by atoms with Crippen molar-refractivity contribution in [3.63, 3.8) is 0 Å². The van der Waals surface area contributed by atoms with Crippen LogP contribution in [0.2, 0.25) is 5.02 Å². The molecule has 2 aliphatic rings. The third-order valence-corrected chi connectivity index (χ3v) is 6.43. The molecule has 3 N–H and O–H groups in total. The third-order valence-electron chi connectivity index (χ3n) is 6.10. The Bertz CT molecular complexity index is 926. The highest BCUT2D eigenvalue weighted by molar-refractivity contribution is 6.33. The van der Waals surface area contributed by atoms with Gasteiger partial charge in [0, 0.05) is 31.7 Å². The fraction of sp³-hybridized carbons (Fsp3) is 0.522. The van der Waals surface area contributed by atoms with Crippen LogP contribution in [0.1, 0.15) is 49.8 Å². The van der Waals surface area contributed by atoms with E-state index in [9.17, 15) is 4.79 Å². The van der Waals surface area contributed by atoms with Gasteiger partial charge in [0.05, 0.1) is 16.4 Å². The Hall–Kier alpha value is -2.54. The lowest BCUT2D eigenvalue weighted by molar-refractivity contribution is 0.243. The van der Waals surface area contributed by atoms with E-state index in [1.54, 1.807) is 12.1 Å². The molecule has 8 heteroatoms. The van der Waals surface area contributed by atoms with Crippen LogP contribution in [-0.4, -0.2) is 42.2 Å². The summed E-state index contributed by atoms with van der Waals surface area (Å²) in [5, 5.41) is 9.99. The number of carbonyl (C=O) groups is 1. The number of nitrogens with one attached hydrogen (secondary N) is 3. The van der Waals surface area contributed by atoms with E-state index in [0.717, 1.165) is 50.3 Å². The monoisotopic (exact) mass is 442 g/mol. The molecule has 1 aromatic heterocycles. The zero-order valence-corrected chi connectivity index (χ0v) is 19.0. The molecular formula is C23H31ClN6O. The highest BCUT2D eigenvalue weighted by Gasteiger charge is 2.25. The molecular weight excluding hydrogens is 412 g/mol. The topological polar surface area (TPSA) is 82.2 Å². The first kappa shape index (κ1) is 21.7. The first-order valence-electron chi connectivity index (χ1n) is 11.2. The number of nitrogens with zero attached hydrogens (tertiary/aromatic N) is 3. The van der Waals surface area contributed by atoms with Crippen molar-refractivity contribution >= 4 is 35.1 Å². The Morgan fingerprint density at radius 1 is 1.03 bits per heavy atom. The number of carbonyl (C=O) groups excluding carboxylic acids is 1. The van der Waals surface area contributed by atoms with E-state index in [1.807, 2.05) is 26.2 Å². The number of aryl methyl sites for hydroxylation is 1. The fourth-order valence-electron chi connectivity index (χ4n) is 4.48. The van der Waals surface area contributed by atoms with Crippen LogP contribution >= 0.6 is 11.6 Å². The zero-order valence-electron chi connectivity index (χ0n) is 18.2. The van der Waals surface area contributed by atoms with Crippen molar-refractivity contribution < 1.29 is 4.79 Å². The van der Waals surface area contributed by atoms with Crippen LogP contribution in [0.3, 0.4) is 0 Å². The maximum atomic E-state index is 12.3. The molecule has 0 spiro atoms. The number of anilines is 3. The largest absolute Gasteiger partial charge is 0.362 e. The molecule has 166 valence electrons. The lowest BCUT2D eigenvalue weighted by Gasteiger charge is -2.30. The van der Waals surface area contributed by atoms with Gasteiger partial charge in [-0.05, 0) is 63.5 Å². The van der Waals surface area contributed by atoms with Crippen LogP contribution in [0, 0.1) is 0 Å². The van der Waals surface area contributed by atoms with Gasteiger partial charge in [-0.25, -0.2) is 9.78 Å². The Morgan fingerprint density at radius 3 is 2.48 bits per heavy atom. The number of benzene rings is 1. The molecule has 0 saturated heterocycles. The summed E-state index contributed by atoms with van der Waals surface area (Å²) in [7, 11) is 4.09. The SMILES string of the molecule is CN(C)c1nc(N[C@H]2CC[C@@H](NC(=O)Nc3ccccc3Cl)CC2)nc2c1CCCC2. The Morgan fingerprint density at radius 2 is 1.74 bits per heavy atom. The predicted octanol–water partition coefficient (Wildman–Crippen LogP) is 4.62. The van der Waals surface area contributed by atoms with E-state index in [-0.39, 0.29) is 12.1 Å². The molecule has 2 aliphatic carbocycles. The van der Waals surface area contributed by atoms with Crippen molar-refractivity contribution in [2.45, 2.75) is 63.5 Å². The molecule has 0 radical (unpaired) electrons. The van der Waals surface area contributed by atoms with Crippen molar-refractivity contribution in [2.75, 3.05) is 29.6 Å². The van der Waals surface area contributed by atoms with Gasteiger partial charge in [0.1, 0.15) is 5.82 Å². The first-order valence-corrected chi connectivity index (χ1v) is 11.5. The molecule has 1 saturated carbocycles. The molecule has 31 heavy (non-hydrogen) atoms. The highest BCUT2D eigenvalue weighted by atomic mass is 35.5. The van der Waals surface area contributed by atoms with Gasteiger partial charge in [0.15, 0.2) is 0 Å². The number of halogens is 1. The number of urea groups is 1. The van der Waals surface area contributed by atoms with Crippen LogP contribution in [-0.2, 0) is 12.8 Å². The quantitative estimate of drug-likeness (QED) is 0.629. The minimum Gasteiger partial charge on any atom is -0.362 e. The molecule has 1 fully saturated rings. The van der Waals surface area contributed by atoms with Gasteiger partial charge in [-0.15, -0.1) is 0 Å². The van der Waals surface area contributed by atoms with Crippen LogP contribution in [0.25, 0.3) is 0 Å². The highest BCUT2D eigenvalue weighted by Crippen LogP contribution is 2.29. The number of para-hydroxylation sites is 1. The molecule has 0 aliphatic heterocycles. The second-order valence-corrected chi connectivity index (χ2v) is 9.08. The van der Waals surface area contributed by atoms with Crippen LogP contribution in [0.15, 0.2) is 24.3 Å². The molecule has 7 nitrogen and oxygen atoms in total. The van der Waals surface area contributed by atoms with Crippen molar-refractivity contribution in [1.82, 2.24) is 15.3 Å². The van der Waals surface area contributed by atoms with Crippen LogP contribution < -0.4 is 20.9 Å². The maximum Gasteiger partial charge on any atom is 0.319 e. The van der Waals surface area contributed by atoms with Crippen molar-refractivity contribution in [3.05, 3.63) is 40.5 Å². The van der Waals surface area contributed by atoms with E-state index in [2.05, 4.69) is 20.9 Å². The number of amides is 2. The minimum absolute atomic E-state index is 0.155. The van der Waals surface area contributed by atoms with Gasteiger partial charge in [-0.2, -0.15) is 4.98 Å². The number of hydrogen-bond acceptors (Lipinski definition) is 5. The summed E-state index contributed by atoms with van der Waals surface area (Å²) in [5.74, 6) is 1.77. The van der Waals surface area contributed by atoms with E-state index in [1.165, 1.54) is 24.1 Å². The van der Waals surface area contributed by atoms with Gasteiger partial charge in [-0.1, -0.05) is 23.7 Å². The number of fused-ring (bicyclic) bond motifs is 1. The molecule has 0 bridgehead atoms. The summed E-state index contributed by atoms with van der Waals surface area (Å²) in [6.45, 7) is 0. The predicted molar refractivity (Wildman–Crippen MR) is 126 cm³/mol. The normalized spacial score (nSPS) is 20.5. The summed E-state index contributed by atoms with van der Waals surface area (Å²) in [6.07, 6.45) is 8.27. The summed E-state index contributed by atoms with van der Waals surface area (Å²) in [5.41, 5.74) is 3.12. The van der Waals surface area contributed by atoms with Gasteiger partial charge in [0.2, 0.25) is 5.95 Å². The Kier molecular flexibility index (Phi) is 6.80. The lowest BCUT2D eigenvalue weighted by atomic mass is 9.91. The Balaban J connectivity index is 1.31. The zero-order chi connectivity index (χ0) is 21.8. The average Bonchev–Trinajstić information content (AvgIpc) is 2.76. The molecule has 4 rings (SSSR count). The lowest BCUT2D eigenvalue weighted by Crippen LogP contribution is -2.42. The van der Waals surface area contributed by atoms with E-state index >= 15 is 0 Å². The van der Waals surface area contributed by atoms with Crippen molar-refractivity contribution in [1.29, 1.82) is 0 Å². The molecule has 1 aromatic carbocycles. The van der Waals surface area contributed by atoms with Gasteiger partial charge in [-0.3, -0.25) is 0 Å². The molecule has 0 unspecified atom stereocenters. The third kappa shape index (κ3) is 5.39. The summed E-state index contributed by atoms with van der Waals surface area (Å²) < 4.78 is 0. The van der Waals surface area contributed by atoms with E-state index < -0.39 is 0 Å². The van der Waals surface area contributed by atoms with Gasteiger partial charge >= 0.3 is 6.03 Å². The molecule has 1 heterocycles. The minimum atomic E-state index is -0.210. The van der Waals surface area contributed by atoms with Gasteiger partial charge < -0.3 is 20.9 Å². The maximum absolute atomic E-state index is 12.3. The smallest absolute Gasteiger partial charge is 0.319 e. The van der Waals surface area contributed by atoms with E-state index in [4.69, 9.17) is 21.6 Å². The second kappa shape index (κ2) is 9.73. The number of hydrogen-bond donors (Lipinski definition) is 3. The molecule has 0 atom stereocenters. The fourth-order valence-corrected chi connectivity index (χ4v) is 4.66. The second-order valence-electron chi connectivity index (χ2n) is 8.67. The molecule has 2 amide bonds. The first-order chi connectivity index (χ1) is 15.0. The summed E-state index contributed by atoms with van der Waals surface area (Å²) in [4.78, 5) is 24.1. The van der Waals surface area contributed by atoms with Crippen molar-refractivity contribution in [2.24, 2.45) is 0 Å². The number of rotatable bonds is 5.